The van der Waals surface area contributed by atoms with Crippen LogP contribution in [0.15, 0.2) is 59.4 Å². The van der Waals surface area contributed by atoms with E-state index in [1.807, 2.05) is 24.3 Å². The zero-order chi connectivity index (χ0) is 11.2. The predicted octanol–water partition coefficient (Wildman–Crippen LogP) is 3.93. The molecule has 0 N–H and O–H groups in total. The maximum absolute atomic E-state index is 5.73. The van der Waals surface area contributed by atoms with E-state index < -0.39 is 0 Å². The van der Waals surface area contributed by atoms with Crippen molar-refractivity contribution in [3.8, 4) is 11.1 Å². The van der Waals surface area contributed by atoms with Crippen LogP contribution in [0.2, 0.25) is 0 Å². The number of allylic oxidation sites excluding steroid dienone is 2. The van der Waals surface area contributed by atoms with Crippen molar-refractivity contribution < 1.29 is 9.15 Å². The molecule has 0 fully saturated rings. The number of hydrogen-bond acceptors (Lipinski definition) is 2. The zero-order valence-corrected chi connectivity index (χ0v) is 9.09. The molecule has 0 bridgehead atoms. The van der Waals surface area contributed by atoms with Gasteiger partial charge in [0.2, 0.25) is 0 Å². The van der Waals surface area contributed by atoms with Gasteiger partial charge in [-0.2, -0.15) is 0 Å². The van der Waals surface area contributed by atoms with E-state index in [0.717, 1.165) is 16.9 Å². The summed E-state index contributed by atoms with van der Waals surface area (Å²) in [5, 5.41) is 0. The molecule has 1 aliphatic carbocycles. The number of ether oxygens (including phenoxy) is 1. The van der Waals surface area contributed by atoms with Gasteiger partial charge in [-0.05, 0) is 23.8 Å². The van der Waals surface area contributed by atoms with Crippen molar-refractivity contribution in [2.45, 2.75) is 6.10 Å². The van der Waals surface area contributed by atoms with Gasteiger partial charge >= 0.3 is 0 Å². The van der Waals surface area contributed by atoms with Crippen molar-refractivity contribution >= 4 is 5.57 Å². The molecule has 4 rings (SSSR count). The molecule has 2 aromatic rings. The second-order valence-corrected chi connectivity index (χ2v) is 4.22. The molecule has 0 radical (unpaired) electrons. The Kier molecular flexibility index (Phi) is 1.64. The molecule has 1 aliphatic heterocycles. The first-order valence-corrected chi connectivity index (χ1v) is 5.64. The average molecular weight is 222 g/mol. The van der Waals surface area contributed by atoms with Gasteiger partial charge in [0.25, 0.3) is 0 Å². The number of furan rings is 1. The molecule has 2 heteroatoms. The molecular weight excluding hydrogens is 212 g/mol. The maximum atomic E-state index is 5.73. The lowest BCUT2D eigenvalue weighted by Gasteiger charge is -2.28. The van der Waals surface area contributed by atoms with Gasteiger partial charge in [-0.1, -0.05) is 24.3 Å². The van der Waals surface area contributed by atoms with Crippen LogP contribution in [-0.2, 0) is 4.74 Å². The molecular formula is C15H10O2. The van der Waals surface area contributed by atoms with Crippen LogP contribution >= 0.6 is 0 Å². The molecule has 1 atom stereocenters. The van der Waals surface area contributed by atoms with Gasteiger partial charge in [-0.15, -0.1) is 0 Å². The molecule has 17 heavy (non-hydrogen) atoms. The smallest absolute Gasteiger partial charge is 0.152 e. The van der Waals surface area contributed by atoms with E-state index >= 15 is 0 Å². The van der Waals surface area contributed by atoms with E-state index in [1.165, 1.54) is 11.1 Å². The molecule has 0 saturated heterocycles. The first kappa shape index (κ1) is 8.88. The fourth-order valence-electron chi connectivity index (χ4n) is 2.58. The minimum atomic E-state index is -0.0325. The van der Waals surface area contributed by atoms with Gasteiger partial charge in [0.15, 0.2) is 6.10 Å². The van der Waals surface area contributed by atoms with E-state index in [1.54, 1.807) is 12.5 Å². The summed E-state index contributed by atoms with van der Waals surface area (Å²) in [7, 11) is 0. The Morgan fingerprint density at radius 1 is 1.00 bits per heavy atom. The summed E-state index contributed by atoms with van der Waals surface area (Å²) in [5.74, 6) is 0.929. The van der Waals surface area contributed by atoms with Crippen LogP contribution in [0.3, 0.4) is 0 Å². The van der Waals surface area contributed by atoms with Crippen LogP contribution in [0.5, 0.6) is 0 Å². The molecule has 2 heterocycles. The Labute approximate surface area is 98.8 Å². The molecule has 82 valence electrons. The minimum absolute atomic E-state index is 0.0325. The third kappa shape index (κ3) is 1.10. The zero-order valence-electron chi connectivity index (χ0n) is 9.09. The van der Waals surface area contributed by atoms with Crippen LogP contribution in [-0.4, -0.2) is 0 Å². The molecule has 1 unspecified atom stereocenters. The van der Waals surface area contributed by atoms with Gasteiger partial charge in [-0.25, -0.2) is 0 Å². The first-order chi connectivity index (χ1) is 8.45. The Hall–Kier alpha value is -2.22. The topological polar surface area (TPSA) is 22.4 Å². The summed E-state index contributed by atoms with van der Waals surface area (Å²) in [5.41, 5.74) is 4.67. The number of rotatable bonds is 0. The normalized spacial score (nSPS) is 19.8. The number of benzene rings is 1. The van der Waals surface area contributed by atoms with Gasteiger partial charge in [0, 0.05) is 16.7 Å². The number of hydrogen-bond donors (Lipinski definition) is 0. The Morgan fingerprint density at radius 3 is 2.94 bits per heavy atom. The van der Waals surface area contributed by atoms with Crippen molar-refractivity contribution in [3.63, 3.8) is 0 Å². The fourth-order valence-corrected chi connectivity index (χ4v) is 2.58. The Bertz CT molecular complexity index is 646. The highest BCUT2D eigenvalue weighted by Crippen LogP contribution is 2.48. The minimum Gasteiger partial charge on any atom is -0.488 e. The van der Waals surface area contributed by atoms with Gasteiger partial charge in [-0.3, -0.25) is 0 Å². The van der Waals surface area contributed by atoms with Crippen LogP contribution in [0.4, 0.5) is 0 Å². The Morgan fingerprint density at radius 2 is 1.94 bits per heavy atom. The highest BCUT2D eigenvalue weighted by Gasteiger charge is 2.32. The van der Waals surface area contributed by atoms with Crippen molar-refractivity contribution in [3.05, 3.63) is 66.3 Å². The van der Waals surface area contributed by atoms with Crippen LogP contribution in [0.25, 0.3) is 16.7 Å². The molecule has 0 spiro atoms. The maximum Gasteiger partial charge on any atom is 0.152 e. The van der Waals surface area contributed by atoms with Gasteiger partial charge < -0.3 is 9.15 Å². The second-order valence-electron chi connectivity index (χ2n) is 4.22. The molecule has 1 aromatic heterocycles. The van der Waals surface area contributed by atoms with Crippen LogP contribution in [0.1, 0.15) is 17.4 Å². The van der Waals surface area contributed by atoms with Crippen molar-refractivity contribution in [2.24, 2.45) is 0 Å². The van der Waals surface area contributed by atoms with Gasteiger partial charge in [0.05, 0.1) is 12.5 Å². The quantitative estimate of drug-likeness (QED) is 0.673. The van der Waals surface area contributed by atoms with E-state index in [9.17, 15) is 0 Å². The average Bonchev–Trinajstić information content (AvgIpc) is 2.89. The third-order valence-electron chi connectivity index (χ3n) is 3.31. The van der Waals surface area contributed by atoms with Gasteiger partial charge in [0.1, 0.15) is 5.76 Å². The summed E-state index contributed by atoms with van der Waals surface area (Å²) in [6.07, 6.45) is 7.41. The largest absolute Gasteiger partial charge is 0.488 e. The third-order valence-corrected chi connectivity index (χ3v) is 3.31. The standard InChI is InChI=1S/C15H10O2/c1-2-5-11-10(4-1)12-7-9-17-15(12)13-6-3-8-16-14(11)13/h1-9,14H. The van der Waals surface area contributed by atoms with Crippen molar-refractivity contribution in [1.82, 2.24) is 0 Å². The van der Waals surface area contributed by atoms with Crippen LogP contribution in [0, 0.1) is 0 Å². The van der Waals surface area contributed by atoms with Crippen LogP contribution < -0.4 is 0 Å². The van der Waals surface area contributed by atoms with E-state index in [4.69, 9.17) is 9.15 Å². The highest BCUT2D eigenvalue weighted by atomic mass is 16.5. The summed E-state index contributed by atoms with van der Waals surface area (Å²) >= 11 is 0. The molecule has 0 saturated carbocycles. The Balaban J connectivity index is 2.08. The fraction of sp³-hybridized carbons (Fsp3) is 0.0667. The second kappa shape index (κ2) is 3.14. The van der Waals surface area contributed by atoms with E-state index in [0.29, 0.717) is 0 Å². The van der Waals surface area contributed by atoms with E-state index in [2.05, 4.69) is 18.2 Å². The lowest BCUT2D eigenvalue weighted by molar-refractivity contribution is 0.192. The predicted molar refractivity (Wildman–Crippen MR) is 65.1 cm³/mol. The van der Waals surface area contributed by atoms with Crippen molar-refractivity contribution in [2.75, 3.05) is 0 Å². The SMILES string of the molecule is C1=COC2C(=C1)c1occc1-c1ccccc12. The van der Waals surface area contributed by atoms with E-state index in [-0.39, 0.29) is 6.10 Å². The summed E-state index contributed by atoms with van der Waals surface area (Å²) in [4.78, 5) is 0. The monoisotopic (exact) mass is 222 g/mol. The first-order valence-electron chi connectivity index (χ1n) is 5.64. The van der Waals surface area contributed by atoms with Crippen molar-refractivity contribution in [1.29, 1.82) is 0 Å². The molecule has 2 aliphatic rings. The molecule has 0 amide bonds. The number of fused-ring (bicyclic) bond motifs is 6. The molecule has 2 nitrogen and oxygen atoms in total. The summed E-state index contributed by atoms with van der Waals surface area (Å²) in [6.45, 7) is 0. The molecule has 1 aromatic carbocycles. The summed E-state index contributed by atoms with van der Waals surface area (Å²) in [6, 6.07) is 10.3. The lowest BCUT2D eigenvalue weighted by atomic mass is 9.84. The highest BCUT2D eigenvalue weighted by molar-refractivity contribution is 5.88. The summed E-state index contributed by atoms with van der Waals surface area (Å²) < 4.78 is 11.3. The lowest BCUT2D eigenvalue weighted by Crippen LogP contribution is -2.12.